The van der Waals surface area contributed by atoms with E-state index in [1.54, 1.807) is 0 Å². The van der Waals surface area contributed by atoms with E-state index in [9.17, 15) is 9.59 Å². The van der Waals surface area contributed by atoms with Crippen molar-refractivity contribution in [3.63, 3.8) is 0 Å². The molecule has 0 bridgehead atoms. The van der Waals surface area contributed by atoms with Gasteiger partial charge in [-0.15, -0.1) is 10.2 Å². The van der Waals surface area contributed by atoms with Crippen molar-refractivity contribution in [2.45, 2.75) is 0 Å². The summed E-state index contributed by atoms with van der Waals surface area (Å²) in [6.45, 7) is -0.358. The summed E-state index contributed by atoms with van der Waals surface area (Å²) in [7, 11) is 0. The average molecular weight is 230 g/mol. The molecule has 4 N–H and O–H groups in total. The number of rotatable bonds is 2. The highest BCUT2D eigenvalue weighted by Gasteiger charge is 2.19. The third kappa shape index (κ3) is 2.69. The van der Waals surface area contributed by atoms with Crippen LogP contribution in [0.3, 0.4) is 0 Å². The van der Waals surface area contributed by atoms with E-state index in [1.807, 2.05) is 0 Å². The van der Waals surface area contributed by atoms with Crippen LogP contribution in [0.5, 0.6) is 0 Å². The number of hydrogen-bond donors (Lipinski definition) is 2. The second-order valence-electron chi connectivity index (χ2n) is 2.51. The van der Waals surface area contributed by atoms with Crippen molar-refractivity contribution in [1.82, 2.24) is 15.2 Å². The molecule has 0 aliphatic carbocycles. The Morgan fingerprint density at radius 3 is 2.53 bits per heavy atom. The molecular formula is C7H8ClN5O2. The van der Waals surface area contributed by atoms with E-state index in [0.29, 0.717) is 5.01 Å². The van der Waals surface area contributed by atoms with Gasteiger partial charge in [0.1, 0.15) is 0 Å². The summed E-state index contributed by atoms with van der Waals surface area (Å²) < 4.78 is 0. The van der Waals surface area contributed by atoms with Crippen LogP contribution in [0.15, 0.2) is 12.1 Å². The predicted octanol–water partition coefficient (Wildman–Crippen LogP) is -1.07. The molecule has 80 valence electrons. The maximum absolute atomic E-state index is 11.4. The fourth-order valence-corrected chi connectivity index (χ4v) is 0.866. The van der Waals surface area contributed by atoms with Gasteiger partial charge in [0.05, 0.1) is 6.54 Å². The summed E-state index contributed by atoms with van der Waals surface area (Å²) in [6.07, 6.45) is 0. The van der Waals surface area contributed by atoms with Crippen LogP contribution in [-0.2, 0) is 4.79 Å². The molecule has 2 amide bonds. The van der Waals surface area contributed by atoms with Gasteiger partial charge in [-0.3, -0.25) is 9.59 Å². The second kappa shape index (κ2) is 4.78. The van der Waals surface area contributed by atoms with Crippen LogP contribution in [0.25, 0.3) is 0 Å². The van der Waals surface area contributed by atoms with Crippen LogP contribution in [0.2, 0.25) is 5.15 Å². The zero-order valence-electron chi connectivity index (χ0n) is 7.55. The van der Waals surface area contributed by atoms with Gasteiger partial charge in [0, 0.05) is 0 Å². The number of imide groups is 1. The Morgan fingerprint density at radius 2 is 2.07 bits per heavy atom. The molecule has 7 nitrogen and oxygen atoms in total. The molecule has 8 heteroatoms. The summed E-state index contributed by atoms with van der Waals surface area (Å²) in [5, 5.41) is 7.43. The van der Waals surface area contributed by atoms with Crippen molar-refractivity contribution in [2.24, 2.45) is 11.6 Å². The lowest BCUT2D eigenvalue weighted by Crippen LogP contribution is -2.46. The first kappa shape index (κ1) is 11.5. The van der Waals surface area contributed by atoms with E-state index in [4.69, 9.17) is 23.2 Å². The highest BCUT2D eigenvalue weighted by atomic mass is 35.5. The van der Waals surface area contributed by atoms with E-state index in [0.717, 1.165) is 0 Å². The Morgan fingerprint density at radius 1 is 1.40 bits per heavy atom. The molecule has 0 fully saturated rings. The van der Waals surface area contributed by atoms with Gasteiger partial charge in [-0.1, -0.05) is 11.6 Å². The zero-order valence-corrected chi connectivity index (χ0v) is 8.31. The van der Waals surface area contributed by atoms with E-state index in [2.05, 4.69) is 10.2 Å². The largest absolute Gasteiger partial charge is 0.322 e. The Hall–Kier alpha value is -1.57. The quantitative estimate of drug-likeness (QED) is 0.379. The monoisotopic (exact) mass is 229 g/mol. The lowest BCUT2D eigenvalue weighted by Gasteiger charge is -2.12. The highest BCUT2D eigenvalue weighted by molar-refractivity contribution is 6.29. The van der Waals surface area contributed by atoms with E-state index in [-0.39, 0.29) is 17.4 Å². The van der Waals surface area contributed by atoms with Gasteiger partial charge in [-0.2, -0.15) is 0 Å². The van der Waals surface area contributed by atoms with E-state index >= 15 is 0 Å². The van der Waals surface area contributed by atoms with Gasteiger partial charge in [-0.05, 0) is 12.1 Å². The summed E-state index contributed by atoms with van der Waals surface area (Å²) >= 11 is 5.47. The van der Waals surface area contributed by atoms with Gasteiger partial charge >= 0.3 is 0 Å². The first-order chi connectivity index (χ1) is 7.06. The fourth-order valence-electron chi connectivity index (χ4n) is 0.765. The van der Waals surface area contributed by atoms with Crippen molar-refractivity contribution in [3.05, 3.63) is 23.0 Å². The molecule has 0 aromatic carbocycles. The standard InChI is InChI=1S/C7H8ClN5O2/c8-5-2-1-4(11-12-5)7(15)13(10)6(14)3-9/h1-2H,3,9-10H2. The molecule has 1 rings (SSSR count). The zero-order chi connectivity index (χ0) is 11.4. The average Bonchev–Trinajstić information content (AvgIpc) is 2.27. The van der Waals surface area contributed by atoms with E-state index < -0.39 is 11.8 Å². The molecule has 0 spiro atoms. The number of hydrogen-bond acceptors (Lipinski definition) is 6. The number of nitrogens with two attached hydrogens (primary N) is 2. The number of amides is 2. The molecule has 0 saturated heterocycles. The van der Waals surface area contributed by atoms with Crippen LogP contribution in [0.1, 0.15) is 10.5 Å². The van der Waals surface area contributed by atoms with Crippen LogP contribution in [0.4, 0.5) is 0 Å². The maximum Gasteiger partial charge on any atom is 0.295 e. The van der Waals surface area contributed by atoms with Gasteiger partial charge < -0.3 is 5.73 Å². The van der Waals surface area contributed by atoms with Gasteiger partial charge in [-0.25, -0.2) is 10.9 Å². The molecule has 0 unspecified atom stereocenters. The van der Waals surface area contributed by atoms with Crippen molar-refractivity contribution in [3.8, 4) is 0 Å². The summed E-state index contributed by atoms with van der Waals surface area (Å²) in [5.74, 6) is 3.70. The van der Waals surface area contributed by atoms with Gasteiger partial charge in [0.2, 0.25) is 0 Å². The van der Waals surface area contributed by atoms with Crippen molar-refractivity contribution in [2.75, 3.05) is 6.54 Å². The maximum atomic E-state index is 11.4. The smallest absolute Gasteiger partial charge is 0.295 e. The van der Waals surface area contributed by atoms with Crippen molar-refractivity contribution in [1.29, 1.82) is 0 Å². The number of carbonyl (C=O) groups excluding carboxylic acids is 2. The Kier molecular flexibility index (Phi) is 3.67. The first-order valence-electron chi connectivity index (χ1n) is 3.87. The summed E-state index contributed by atoms with van der Waals surface area (Å²) in [6, 6.07) is 2.67. The Balaban J connectivity index is 2.85. The first-order valence-corrected chi connectivity index (χ1v) is 4.25. The van der Waals surface area contributed by atoms with Gasteiger partial charge in [0.15, 0.2) is 10.8 Å². The minimum absolute atomic E-state index is 0.0799. The normalized spacial score (nSPS) is 9.80. The lowest BCUT2D eigenvalue weighted by molar-refractivity contribution is -0.127. The molecule has 1 aromatic heterocycles. The molecule has 15 heavy (non-hydrogen) atoms. The molecule has 0 radical (unpaired) electrons. The van der Waals surface area contributed by atoms with Gasteiger partial charge in [0.25, 0.3) is 11.8 Å². The molecule has 0 aliphatic rings. The van der Waals surface area contributed by atoms with Crippen LogP contribution >= 0.6 is 11.6 Å². The van der Waals surface area contributed by atoms with E-state index in [1.165, 1.54) is 12.1 Å². The third-order valence-electron chi connectivity index (χ3n) is 1.51. The topological polar surface area (TPSA) is 115 Å². The molecule has 0 saturated carbocycles. The molecule has 0 atom stereocenters. The number of hydrazine groups is 1. The SMILES string of the molecule is NCC(=O)N(N)C(=O)c1ccc(Cl)nn1. The number of halogens is 1. The number of aromatic nitrogens is 2. The molecule has 1 heterocycles. The lowest BCUT2D eigenvalue weighted by atomic mass is 10.3. The van der Waals surface area contributed by atoms with Crippen LogP contribution < -0.4 is 11.6 Å². The van der Waals surface area contributed by atoms with Crippen LogP contribution in [-0.4, -0.2) is 33.6 Å². The molecule has 0 aliphatic heterocycles. The van der Waals surface area contributed by atoms with Crippen molar-refractivity contribution < 1.29 is 9.59 Å². The minimum atomic E-state index is -0.783. The number of nitrogens with zero attached hydrogens (tertiary/aromatic N) is 3. The third-order valence-corrected chi connectivity index (χ3v) is 1.71. The molecule has 1 aromatic rings. The summed E-state index contributed by atoms with van der Waals surface area (Å²) in [5.41, 5.74) is 4.95. The highest BCUT2D eigenvalue weighted by Crippen LogP contribution is 2.03. The van der Waals surface area contributed by atoms with Crippen LogP contribution in [0, 0.1) is 0 Å². The minimum Gasteiger partial charge on any atom is -0.322 e. The number of carbonyl (C=O) groups is 2. The fraction of sp³-hybridized carbons (Fsp3) is 0.143. The Bertz CT molecular complexity index is 379. The predicted molar refractivity (Wildman–Crippen MR) is 51.5 cm³/mol. The summed E-state index contributed by atoms with van der Waals surface area (Å²) in [4.78, 5) is 22.4. The molecular weight excluding hydrogens is 222 g/mol. The Labute approximate surface area is 90.0 Å². The second-order valence-corrected chi connectivity index (χ2v) is 2.90. The van der Waals surface area contributed by atoms with Crippen molar-refractivity contribution >= 4 is 23.4 Å².